The molecule has 0 amide bonds. The molecule has 2 aromatic carbocycles. The second-order valence-electron chi connectivity index (χ2n) is 9.27. The van der Waals surface area contributed by atoms with Crippen molar-refractivity contribution in [2.24, 2.45) is 0 Å². The van der Waals surface area contributed by atoms with Crippen molar-refractivity contribution in [3.63, 3.8) is 0 Å². The number of para-hydroxylation sites is 1. The number of rotatable bonds is 6. The van der Waals surface area contributed by atoms with Crippen molar-refractivity contribution < 1.29 is 4.74 Å². The van der Waals surface area contributed by atoms with Crippen molar-refractivity contribution in [2.45, 2.75) is 50.9 Å². The Balaban J connectivity index is 1.97. The van der Waals surface area contributed by atoms with E-state index in [2.05, 4.69) is 95.1 Å². The van der Waals surface area contributed by atoms with Crippen LogP contribution in [0.4, 0.5) is 0 Å². The molecule has 3 rings (SSSR count). The number of hydrogen-bond donors (Lipinski definition) is 0. The standard InChI is InChI=1S/C25H32OSi/c1-7-17-26-24-20(12-10-14-22(24)25(2,3)4)18-27(5,6)23-16-15-19-11-8-9-13-21(19)23/h7-16,23H,1,17-18H2,2-6H3. The minimum absolute atomic E-state index is 0.0536. The molecule has 0 saturated carbocycles. The molecular formula is C25H32OSi. The molecule has 2 heteroatoms. The first-order chi connectivity index (χ1) is 12.7. The van der Waals surface area contributed by atoms with Crippen molar-refractivity contribution in [1.82, 2.24) is 0 Å². The largest absolute Gasteiger partial charge is 0.489 e. The zero-order valence-electron chi connectivity index (χ0n) is 17.4. The molecule has 0 radical (unpaired) electrons. The first kappa shape index (κ1) is 19.7. The van der Waals surface area contributed by atoms with Crippen molar-refractivity contribution in [3.8, 4) is 5.75 Å². The van der Waals surface area contributed by atoms with Crippen LogP contribution in [0.25, 0.3) is 6.08 Å². The predicted molar refractivity (Wildman–Crippen MR) is 120 cm³/mol. The molecule has 0 spiro atoms. The summed E-state index contributed by atoms with van der Waals surface area (Å²) in [6, 6.07) is 16.6. The van der Waals surface area contributed by atoms with Crippen LogP contribution in [0.1, 0.15) is 48.6 Å². The number of fused-ring (bicyclic) bond motifs is 1. The maximum atomic E-state index is 6.21. The van der Waals surface area contributed by atoms with Gasteiger partial charge in [-0.1, -0.05) is 101 Å². The lowest BCUT2D eigenvalue weighted by Crippen LogP contribution is -2.37. The first-order valence-corrected chi connectivity index (χ1v) is 13.2. The van der Waals surface area contributed by atoms with Gasteiger partial charge in [0.1, 0.15) is 12.4 Å². The van der Waals surface area contributed by atoms with Crippen molar-refractivity contribution in [2.75, 3.05) is 6.61 Å². The summed E-state index contributed by atoms with van der Waals surface area (Å²) < 4.78 is 6.21. The third-order valence-electron chi connectivity index (χ3n) is 5.54. The zero-order valence-corrected chi connectivity index (χ0v) is 18.4. The molecule has 0 N–H and O–H groups in total. The number of allylic oxidation sites excluding steroid dienone is 1. The van der Waals surface area contributed by atoms with Gasteiger partial charge in [-0.15, -0.1) is 0 Å². The molecule has 1 aliphatic carbocycles. The van der Waals surface area contributed by atoms with E-state index in [4.69, 9.17) is 4.74 Å². The van der Waals surface area contributed by atoms with Crippen LogP contribution >= 0.6 is 0 Å². The molecule has 0 aromatic heterocycles. The van der Waals surface area contributed by atoms with Crippen LogP contribution in [-0.4, -0.2) is 14.7 Å². The Morgan fingerprint density at radius 2 is 1.81 bits per heavy atom. The van der Waals surface area contributed by atoms with Crippen LogP contribution in [0.5, 0.6) is 5.75 Å². The predicted octanol–water partition coefficient (Wildman–Crippen LogP) is 6.69. The second kappa shape index (κ2) is 7.51. The highest BCUT2D eigenvalue weighted by Gasteiger charge is 2.36. The van der Waals surface area contributed by atoms with Crippen molar-refractivity contribution in [1.29, 1.82) is 0 Å². The van der Waals surface area contributed by atoms with E-state index in [1.807, 2.05) is 6.08 Å². The van der Waals surface area contributed by atoms with E-state index >= 15 is 0 Å². The topological polar surface area (TPSA) is 9.23 Å². The van der Waals surface area contributed by atoms with E-state index in [0.29, 0.717) is 12.1 Å². The highest BCUT2D eigenvalue weighted by atomic mass is 28.3. The minimum atomic E-state index is -1.61. The van der Waals surface area contributed by atoms with Crippen LogP contribution < -0.4 is 4.74 Å². The van der Waals surface area contributed by atoms with Gasteiger partial charge in [-0.2, -0.15) is 0 Å². The van der Waals surface area contributed by atoms with E-state index in [1.54, 1.807) is 0 Å². The Labute approximate surface area is 165 Å². The average Bonchev–Trinajstić information content (AvgIpc) is 3.04. The fourth-order valence-electron chi connectivity index (χ4n) is 4.16. The number of ether oxygens (including phenoxy) is 1. The molecule has 1 aliphatic rings. The first-order valence-electron chi connectivity index (χ1n) is 9.87. The Hall–Kier alpha value is -2.06. The molecule has 0 saturated heterocycles. The quantitative estimate of drug-likeness (QED) is 0.403. The van der Waals surface area contributed by atoms with Gasteiger partial charge in [-0.25, -0.2) is 0 Å². The van der Waals surface area contributed by atoms with Gasteiger partial charge < -0.3 is 4.74 Å². The molecule has 27 heavy (non-hydrogen) atoms. The maximum Gasteiger partial charge on any atom is 0.126 e. The smallest absolute Gasteiger partial charge is 0.126 e. The summed E-state index contributed by atoms with van der Waals surface area (Å²) in [4.78, 5) is 0. The minimum Gasteiger partial charge on any atom is -0.489 e. The van der Waals surface area contributed by atoms with Gasteiger partial charge in [-0.05, 0) is 39.3 Å². The lowest BCUT2D eigenvalue weighted by atomic mass is 9.85. The molecule has 142 valence electrons. The zero-order chi connectivity index (χ0) is 19.7. The summed E-state index contributed by atoms with van der Waals surface area (Å²) in [6.07, 6.45) is 6.56. The molecule has 0 heterocycles. The summed E-state index contributed by atoms with van der Waals surface area (Å²) >= 11 is 0. The normalized spacial score (nSPS) is 16.3. The van der Waals surface area contributed by atoms with Crippen LogP contribution in [0.2, 0.25) is 13.1 Å². The van der Waals surface area contributed by atoms with Gasteiger partial charge in [0.05, 0.1) is 8.07 Å². The van der Waals surface area contributed by atoms with E-state index in [-0.39, 0.29) is 5.41 Å². The van der Waals surface area contributed by atoms with Gasteiger partial charge >= 0.3 is 0 Å². The maximum absolute atomic E-state index is 6.21. The highest BCUT2D eigenvalue weighted by Crippen LogP contribution is 2.41. The Morgan fingerprint density at radius 3 is 2.52 bits per heavy atom. The van der Waals surface area contributed by atoms with E-state index in [0.717, 1.165) is 11.8 Å². The fraction of sp³-hybridized carbons (Fsp3) is 0.360. The van der Waals surface area contributed by atoms with Gasteiger partial charge in [0.25, 0.3) is 0 Å². The van der Waals surface area contributed by atoms with E-state index in [1.165, 1.54) is 22.3 Å². The third kappa shape index (κ3) is 4.11. The Kier molecular flexibility index (Phi) is 5.48. The fourth-order valence-corrected chi connectivity index (χ4v) is 7.36. The number of hydrogen-bond acceptors (Lipinski definition) is 1. The second-order valence-corrected chi connectivity index (χ2v) is 14.2. The van der Waals surface area contributed by atoms with Gasteiger partial charge in [-0.3, -0.25) is 0 Å². The number of benzene rings is 2. The van der Waals surface area contributed by atoms with Crippen molar-refractivity contribution in [3.05, 3.63) is 83.4 Å². The highest BCUT2D eigenvalue weighted by molar-refractivity contribution is 6.79. The SMILES string of the molecule is C=CCOc1c(C[Si](C)(C)C2C=Cc3ccccc32)cccc1C(C)(C)C. The van der Waals surface area contributed by atoms with Gasteiger partial charge in [0.15, 0.2) is 0 Å². The average molecular weight is 377 g/mol. The van der Waals surface area contributed by atoms with Crippen molar-refractivity contribution >= 4 is 14.1 Å². The van der Waals surface area contributed by atoms with Crippen LogP contribution in [0, 0.1) is 0 Å². The summed E-state index contributed by atoms with van der Waals surface area (Å²) in [6.45, 7) is 16.2. The van der Waals surface area contributed by atoms with Gasteiger partial charge in [0, 0.05) is 0 Å². The summed E-state index contributed by atoms with van der Waals surface area (Å²) in [5.41, 5.74) is 6.12. The third-order valence-corrected chi connectivity index (χ3v) is 9.02. The molecule has 1 nitrogen and oxygen atoms in total. The molecule has 0 fully saturated rings. The molecule has 0 bridgehead atoms. The lowest BCUT2D eigenvalue weighted by molar-refractivity contribution is 0.348. The monoisotopic (exact) mass is 376 g/mol. The Bertz CT molecular complexity index is 855. The van der Waals surface area contributed by atoms with Crippen LogP contribution in [-0.2, 0) is 11.5 Å². The molecule has 1 atom stereocenters. The summed E-state index contributed by atoms with van der Waals surface area (Å²) in [5.74, 6) is 1.07. The van der Waals surface area contributed by atoms with E-state index < -0.39 is 8.07 Å². The lowest BCUT2D eigenvalue weighted by Gasteiger charge is -2.32. The molecule has 2 aromatic rings. The Morgan fingerprint density at radius 1 is 1.07 bits per heavy atom. The van der Waals surface area contributed by atoms with Gasteiger partial charge in [0.2, 0.25) is 0 Å². The molecular weight excluding hydrogens is 344 g/mol. The molecule has 1 unspecified atom stereocenters. The summed E-state index contributed by atoms with van der Waals surface area (Å²) in [5, 5.41) is 0. The summed E-state index contributed by atoms with van der Waals surface area (Å²) in [7, 11) is -1.61. The van der Waals surface area contributed by atoms with E-state index in [9.17, 15) is 0 Å². The molecule has 0 aliphatic heterocycles. The van der Waals surface area contributed by atoms with Crippen LogP contribution in [0.15, 0.2) is 61.2 Å². The van der Waals surface area contributed by atoms with Crippen LogP contribution in [0.3, 0.4) is 0 Å².